The van der Waals surface area contributed by atoms with Crippen LogP contribution in [0.2, 0.25) is 0 Å². The molecule has 2 rings (SSSR count). The number of hydrogen-bond donors (Lipinski definition) is 1. The molecule has 2 aromatic heterocycles. The molecule has 0 bridgehead atoms. The van der Waals surface area contributed by atoms with Crippen molar-refractivity contribution in [3.05, 3.63) is 42.7 Å². The van der Waals surface area contributed by atoms with Gasteiger partial charge in [0.2, 0.25) is 0 Å². The summed E-state index contributed by atoms with van der Waals surface area (Å²) in [5.41, 5.74) is 2.21. The van der Waals surface area contributed by atoms with Crippen LogP contribution >= 0.6 is 38.6 Å². The van der Waals surface area contributed by atoms with Crippen molar-refractivity contribution in [3.8, 4) is 0 Å². The van der Waals surface area contributed by atoms with E-state index in [4.69, 9.17) is 0 Å². The molecule has 0 aromatic carbocycles. The van der Waals surface area contributed by atoms with Crippen LogP contribution in [0.15, 0.2) is 26.7 Å². The molecule has 1 nitrogen and oxygen atoms in total. The molecule has 0 aliphatic heterocycles. The van der Waals surface area contributed by atoms with Gasteiger partial charge in [0.25, 0.3) is 0 Å². The van der Waals surface area contributed by atoms with Crippen LogP contribution in [0, 0.1) is 0 Å². The largest absolute Gasteiger partial charge is 0.383 e. The minimum Gasteiger partial charge on any atom is -0.383 e. The van der Waals surface area contributed by atoms with E-state index in [-0.39, 0.29) is 0 Å². The van der Waals surface area contributed by atoms with E-state index in [1.54, 1.807) is 22.7 Å². The summed E-state index contributed by atoms with van der Waals surface area (Å²) in [7, 11) is 0. The Balaban J connectivity index is 2.36. The second-order valence-electron chi connectivity index (χ2n) is 3.24. The van der Waals surface area contributed by atoms with E-state index in [0.29, 0.717) is 0 Å². The van der Waals surface area contributed by atoms with Crippen LogP contribution in [0.4, 0.5) is 0 Å². The third-order valence-electron chi connectivity index (χ3n) is 2.35. The molecule has 0 radical (unpaired) electrons. The number of thiophene rings is 2. The van der Waals surface area contributed by atoms with E-state index in [1.165, 1.54) is 5.56 Å². The molecule has 0 aliphatic rings. The fourth-order valence-electron chi connectivity index (χ4n) is 1.51. The van der Waals surface area contributed by atoms with Gasteiger partial charge in [-0.25, -0.2) is 0 Å². The standard InChI is InChI=1S/C11H11BrOS2/c1-2-7-3-4-15-11(7)10(13)8-5-14-6-9(8)12/h3-6,10,13H,2H2,1H3. The molecule has 0 saturated carbocycles. The van der Waals surface area contributed by atoms with Crippen LogP contribution in [-0.2, 0) is 6.42 Å². The number of aryl methyl sites for hydroxylation is 1. The minimum atomic E-state index is -0.486. The normalized spacial score (nSPS) is 13.0. The first-order chi connectivity index (χ1) is 7.24. The van der Waals surface area contributed by atoms with Gasteiger partial charge in [-0.15, -0.1) is 11.3 Å². The molecule has 0 saturated heterocycles. The Hall–Kier alpha value is -0.160. The van der Waals surface area contributed by atoms with Crippen LogP contribution in [0.3, 0.4) is 0 Å². The van der Waals surface area contributed by atoms with Crippen molar-refractivity contribution in [1.82, 2.24) is 0 Å². The molecule has 1 unspecified atom stereocenters. The zero-order valence-corrected chi connectivity index (χ0v) is 11.5. The zero-order valence-electron chi connectivity index (χ0n) is 8.24. The first-order valence-corrected chi connectivity index (χ1v) is 7.31. The summed E-state index contributed by atoms with van der Waals surface area (Å²) in [6, 6.07) is 2.09. The SMILES string of the molecule is CCc1ccsc1C(O)c1cscc1Br. The average Bonchev–Trinajstić information content (AvgIpc) is 2.84. The number of halogens is 1. The van der Waals surface area contributed by atoms with Gasteiger partial charge in [0.15, 0.2) is 0 Å². The summed E-state index contributed by atoms with van der Waals surface area (Å²) < 4.78 is 0.996. The van der Waals surface area contributed by atoms with Gasteiger partial charge in [0.1, 0.15) is 6.10 Å². The van der Waals surface area contributed by atoms with Crippen molar-refractivity contribution in [2.24, 2.45) is 0 Å². The zero-order chi connectivity index (χ0) is 10.8. The van der Waals surface area contributed by atoms with Gasteiger partial charge in [0, 0.05) is 20.3 Å². The summed E-state index contributed by atoms with van der Waals surface area (Å²) in [5.74, 6) is 0. The van der Waals surface area contributed by atoms with Crippen molar-refractivity contribution < 1.29 is 5.11 Å². The van der Waals surface area contributed by atoms with Crippen molar-refractivity contribution in [3.63, 3.8) is 0 Å². The minimum absolute atomic E-state index is 0.486. The highest BCUT2D eigenvalue weighted by atomic mass is 79.9. The van der Waals surface area contributed by atoms with Crippen molar-refractivity contribution in [2.45, 2.75) is 19.4 Å². The molecule has 1 N–H and O–H groups in total. The van der Waals surface area contributed by atoms with Crippen molar-refractivity contribution in [1.29, 1.82) is 0 Å². The molecule has 0 fully saturated rings. The van der Waals surface area contributed by atoms with Crippen molar-refractivity contribution >= 4 is 38.6 Å². The van der Waals surface area contributed by atoms with Crippen LogP contribution < -0.4 is 0 Å². The molecule has 1 atom stereocenters. The third kappa shape index (κ3) is 2.18. The van der Waals surface area contributed by atoms with Gasteiger partial charge in [-0.3, -0.25) is 0 Å². The summed E-state index contributed by atoms with van der Waals surface area (Å²) >= 11 is 6.68. The van der Waals surface area contributed by atoms with Gasteiger partial charge in [-0.05, 0) is 44.7 Å². The molecule has 0 amide bonds. The highest BCUT2D eigenvalue weighted by molar-refractivity contribution is 9.10. The Morgan fingerprint density at radius 1 is 1.47 bits per heavy atom. The second kappa shape index (κ2) is 4.78. The third-order valence-corrected chi connectivity index (χ3v) is 5.11. The Morgan fingerprint density at radius 3 is 2.87 bits per heavy atom. The molecule has 4 heteroatoms. The van der Waals surface area contributed by atoms with Crippen LogP contribution in [0.5, 0.6) is 0 Å². The molecule has 15 heavy (non-hydrogen) atoms. The van der Waals surface area contributed by atoms with Crippen LogP contribution in [-0.4, -0.2) is 5.11 Å². The fourth-order valence-corrected chi connectivity index (χ4v) is 4.04. The fraction of sp³-hybridized carbons (Fsp3) is 0.273. The Kier molecular flexibility index (Phi) is 3.61. The smallest absolute Gasteiger partial charge is 0.115 e. The molecular weight excluding hydrogens is 292 g/mol. The van der Waals surface area contributed by atoms with Gasteiger partial charge >= 0.3 is 0 Å². The van der Waals surface area contributed by atoms with E-state index >= 15 is 0 Å². The summed E-state index contributed by atoms with van der Waals surface area (Å²) in [4.78, 5) is 1.07. The first kappa shape index (κ1) is 11.3. The molecule has 2 heterocycles. The van der Waals surface area contributed by atoms with Crippen molar-refractivity contribution in [2.75, 3.05) is 0 Å². The summed E-state index contributed by atoms with van der Waals surface area (Å²) in [5, 5.41) is 16.3. The lowest BCUT2D eigenvalue weighted by Crippen LogP contribution is -1.99. The first-order valence-electron chi connectivity index (χ1n) is 4.70. The van der Waals surface area contributed by atoms with Gasteiger partial charge in [0.05, 0.1) is 0 Å². The van der Waals surface area contributed by atoms with Gasteiger partial charge in [-0.2, -0.15) is 11.3 Å². The molecule has 80 valence electrons. The Morgan fingerprint density at radius 2 is 2.27 bits per heavy atom. The second-order valence-corrected chi connectivity index (χ2v) is 5.79. The highest BCUT2D eigenvalue weighted by Gasteiger charge is 2.18. The lowest BCUT2D eigenvalue weighted by Gasteiger charge is -2.10. The predicted molar refractivity (Wildman–Crippen MR) is 69.8 cm³/mol. The van der Waals surface area contributed by atoms with Gasteiger partial charge in [-0.1, -0.05) is 6.92 Å². The number of aliphatic hydroxyl groups is 1. The molecule has 2 aromatic rings. The average molecular weight is 303 g/mol. The number of hydrogen-bond acceptors (Lipinski definition) is 3. The molecule has 0 aliphatic carbocycles. The topological polar surface area (TPSA) is 20.2 Å². The number of aliphatic hydroxyl groups excluding tert-OH is 1. The van der Waals surface area contributed by atoms with Crippen LogP contribution in [0.25, 0.3) is 0 Å². The molecule has 0 spiro atoms. The van der Waals surface area contributed by atoms with E-state index in [2.05, 4.69) is 28.9 Å². The number of rotatable bonds is 3. The molecular formula is C11H11BrOS2. The highest BCUT2D eigenvalue weighted by Crippen LogP contribution is 2.35. The Bertz CT molecular complexity index is 447. The van der Waals surface area contributed by atoms with E-state index < -0.39 is 6.10 Å². The quantitative estimate of drug-likeness (QED) is 0.900. The lowest BCUT2D eigenvalue weighted by molar-refractivity contribution is 0.223. The maximum atomic E-state index is 10.2. The maximum Gasteiger partial charge on any atom is 0.115 e. The van der Waals surface area contributed by atoms with E-state index in [1.807, 2.05) is 16.1 Å². The Labute approximate surface area is 106 Å². The monoisotopic (exact) mass is 302 g/mol. The van der Waals surface area contributed by atoms with Crippen LogP contribution in [0.1, 0.15) is 29.0 Å². The summed E-state index contributed by atoms with van der Waals surface area (Å²) in [6.07, 6.45) is 0.484. The van der Waals surface area contributed by atoms with E-state index in [9.17, 15) is 5.11 Å². The maximum absolute atomic E-state index is 10.2. The predicted octanol–water partition coefficient (Wildman–Crippen LogP) is 4.22. The lowest BCUT2D eigenvalue weighted by atomic mass is 10.1. The summed E-state index contributed by atoms with van der Waals surface area (Å²) in [6.45, 7) is 2.11. The van der Waals surface area contributed by atoms with E-state index in [0.717, 1.165) is 21.3 Å². The van der Waals surface area contributed by atoms with Gasteiger partial charge < -0.3 is 5.11 Å².